The Hall–Kier alpha value is -4.08. The molecule has 4 aromatic rings. The van der Waals surface area contributed by atoms with E-state index in [2.05, 4.69) is 20.5 Å². The van der Waals surface area contributed by atoms with E-state index in [-0.39, 0.29) is 35.5 Å². The SMILES string of the molecule is CC(C)(CO)C(=O)NCc1ccc(Cl)c(C(=O)Nc2ccc3c(N4CCC4)nc(-c4ccccc4F)nc3c2)c1. The molecule has 2 amide bonds. The highest BCUT2D eigenvalue weighted by molar-refractivity contribution is 6.34. The average molecular weight is 562 g/mol. The Labute approximate surface area is 236 Å². The number of amides is 2. The molecule has 1 saturated heterocycles. The maximum Gasteiger partial charge on any atom is 0.257 e. The Morgan fingerprint density at radius 3 is 2.55 bits per heavy atom. The van der Waals surface area contributed by atoms with Crippen LogP contribution >= 0.6 is 11.6 Å². The minimum absolute atomic E-state index is 0.171. The van der Waals surface area contributed by atoms with Gasteiger partial charge in [-0.15, -0.1) is 0 Å². The molecule has 0 spiro atoms. The summed E-state index contributed by atoms with van der Waals surface area (Å²) in [6.45, 7) is 4.88. The molecule has 3 aromatic carbocycles. The summed E-state index contributed by atoms with van der Waals surface area (Å²) in [7, 11) is 0. The largest absolute Gasteiger partial charge is 0.395 e. The van der Waals surface area contributed by atoms with Crippen molar-refractivity contribution in [3.05, 3.63) is 82.6 Å². The van der Waals surface area contributed by atoms with Gasteiger partial charge in [0.05, 0.1) is 33.7 Å². The second kappa shape index (κ2) is 11.2. The van der Waals surface area contributed by atoms with Crippen molar-refractivity contribution in [2.75, 3.05) is 29.9 Å². The van der Waals surface area contributed by atoms with Crippen molar-refractivity contribution in [1.82, 2.24) is 15.3 Å². The number of rotatable bonds is 8. The molecule has 0 aliphatic carbocycles. The smallest absolute Gasteiger partial charge is 0.257 e. The minimum Gasteiger partial charge on any atom is -0.395 e. The molecule has 5 rings (SSSR count). The van der Waals surface area contributed by atoms with Gasteiger partial charge < -0.3 is 20.6 Å². The van der Waals surface area contributed by atoms with E-state index in [9.17, 15) is 19.1 Å². The lowest BCUT2D eigenvalue weighted by Crippen LogP contribution is -2.38. The van der Waals surface area contributed by atoms with Crippen molar-refractivity contribution in [2.45, 2.75) is 26.8 Å². The Kier molecular flexibility index (Phi) is 7.69. The number of fused-ring (bicyclic) bond motifs is 1. The molecule has 3 N–H and O–H groups in total. The van der Waals surface area contributed by atoms with Gasteiger partial charge in [0, 0.05) is 30.7 Å². The summed E-state index contributed by atoms with van der Waals surface area (Å²) < 4.78 is 14.6. The molecule has 40 heavy (non-hydrogen) atoms. The number of aliphatic hydroxyl groups is 1. The van der Waals surface area contributed by atoms with E-state index in [1.165, 1.54) is 6.07 Å². The monoisotopic (exact) mass is 561 g/mol. The van der Waals surface area contributed by atoms with Crippen molar-refractivity contribution in [1.29, 1.82) is 0 Å². The number of anilines is 2. The molecule has 0 saturated carbocycles. The lowest BCUT2D eigenvalue weighted by Gasteiger charge is -2.33. The van der Waals surface area contributed by atoms with Crippen LogP contribution in [0.1, 0.15) is 36.2 Å². The zero-order valence-corrected chi connectivity index (χ0v) is 22.9. The molecule has 1 aliphatic heterocycles. The molecule has 0 radical (unpaired) electrons. The molecule has 2 heterocycles. The van der Waals surface area contributed by atoms with Gasteiger partial charge in [-0.2, -0.15) is 0 Å². The number of hydrogen-bond acceptors (Lipinski definition) is 6. The number of carbonyl (C=O) groups excluding carboxylic acids is 2. The Morgan fingerprint density at radius 2 is 1.85 bits per heavy atom. The molecular formula is C30H29ClFN5O3. The van der Waals surface area contributed by atoms with Crippen molar-refractivity contribution < 1.29 is 19.1 Å². The van der Waals surface area contributed by atoms with Crippen LogP contribution in [0.25, 0.3) is 22.3 Å². The molecule has 0 bridgehead atoms. The number of aromatic nitrogens is 2. The fraction of sp³-hybridized carbons (Fsp3) is 0.267. The standard InChI is InChI=1S/C30H29ClFN5O3/c1-30(2,17-38)29(40)33-16-18-8-11-23(31)22(14-18)28(39)34-19-9-10-21-25(15-19)35-26(20-6-3-4-7-24(20)32)36-27(21)37-12-5-13-37/h3-4,6-11,14-15,38H,5,12-13,16-17H2,1-2H3,(H,33,40)(H,34,39). The number of benzene rings is 3. The predicted molar refractivity (Wildman–Crippen MR) is 154 cm³/mol. The fourth-order valence-electron chi connectivity index (χ4n) is 4.27. The summed E-state index contributed by atoms with van der Waals surface area (Å²) >= 11 is 6.35. The third-order valence-electron chi connectivity index (χ3n) is 6.94. The molecular weight excluding hydrogens is 533 g/mol. The predicted octanol–water partition coefficient (Wildman–Crippen LogP) is 5.19. The van der Waals surface area contributed by atoms with Gasteiger partial charge in [-0.25, -0.2) is 14.4 Å². The molecule has 10 heteroatoms. The number of nitrogens with zero attached hydrogens (tertiary/aromatic N) is 3. The summed E-state index contributed by atoms with van der Waals surface area (Å²) in [5.74, 6) is -0.139. The van der Waals surface area contributed by atoms with Crippen LogP contribution < -0.4 is 15.5 Å². The van der Waals surface area contributed by atoms with E-state index in [0.717, 1.165) is 30.7 Å². The van der Waals surface area contributed by atoms with Gasteiger partial charge >= 0.3 is 0 Å². The molecule has 0 unspecified atom stereocenters. The van der Waals surface area contributed by atoms with Gasteiger partial charge in [0.25, 0.3) is 5.91 Å². The van der Waals surface area contributed by atoms with Crippen LogP contribution in [0.15, 0.2) is 60.7 Å². The highest BCUT2D eigenvalue weighted by Gasteiger charge is 2.26. The zero-order chi connectivity index (χ0) is 28.4. The van der Waals surface area contributed by atoms with Gasteiger partial charge in [0.2, 0.25) is 5.91 Å². The fourth-order valence-corrected chi connectivity index (χ4v) is 4.47. The Balaban J connectivity index is 1.42. The summed E-state index contributed by atoms with van der Waals surface area (Å²) in [6.07, 6.45) is 1.05. The van der Waals surface area contributed by atoms with Gasteiger partial charge in [-0.05, 0) is 68.3 Å². The Morgan fingerprint density at radius 1 is 1.07 bits per heavy atom. The van der Waals surface area contributed by atoms with Crippen molar-refractivity contribution >= 4 is 45.8 Å². The summed E-state index contributed by atoms with van der Waals surface area (Å²) in [5, 5.41) is 16.1. The van der Waals surface area contributed by atoms with Gasteiger partial charge in [-0.3, -0.25) is 9.59 Å². The minimum atomic E-state index is -0.923. The lowest BCUT2D eigenvalue weighted by molar-refractivity contribution is -0.131. The second-order valence-electron chi connectivity index (χ2n) is 10.4. The van der Waals surface area contributed by atoms with Crippen molar-refractivity contribution in [3.63, 3.8) is 0 Å². The second-order valence-corrected chi connectivity index (χ2v) is 10.8. The highest BCUT2D eigenvalue weighted by atomic mass is 35.5. The zero-order valence-electron chi connectivity index (χ0n) is 22.2. The van der Waals surface area contributed by atoms with E-state index in [1.807, 2.05) is 6.07 Å². The van der Waals surface area contributed by atoms with Crippen molar-refractivity contribution in [3.8, 4) is 11.4 Å². The summed E-state index contributed by atoms with van der Waals surface area (Å²) in [5.41, 5.74) is 1.36. The lowest BCUT2D eigenvalue weighted by atomic mass is 9.93. The van der Waals surface area contributed by atoms with E-state index in [1.54, 1.807) is 62.4 Å². The first kappa shape index (κ1) is 27.5. The third-order valence-corrected chi connectivity index (χ3v) is 7.27. The molecule has 1 aromatic heterocycles. The average Bonchev–Trinajstić information content (AvgIpc) is 2.91. The van der Waals surface area contributed by atoms with Gasteiger partial charge in [0.1, 0.15) is 11.6 Å². The number of carbonyl (C=O) groups is 2. The van der Waals surface area contributed by atoms with Crippen LogP contribution in [0.3, 0.4) is 0 Å². The van der Waals surface area contributed by atoms with E-state index >= 15 is 0 Å². The first-order valence-electron chi connectivity index (χ1n) is 13.0. The molecule has 0 atom stereocenters. The van der Waals surface area contributed by atoms with E-state index < -0.39 is 17.1 Å². The van der Waals surface area contributed by atoms with Crippen LogP contribution in [0, 0.1) is 11.2 Å². The molecule has 1 fully saturated rings. The van der Waals surface area contributed by atoms with E-state index in [0.29, 0.717) is 22.3 Å². The van der Waals surface area contributed by atoms with Crippen LogP contribution in [0.5, 0.6) is 0 Å². The number of hydrogen-bond donors (Lipinski definition) is 3. The topological polar surface area (TPSA) is 107 Å². The third kappa shape index (κ3) is 5.61. The number of aliphatic hydroxyl groups excluding tert-OH is 1. The maximum atomic E-state index is 14.6. The van der Waals surface area contributed by atoms with E-state index in [4.69, 9.17) is 16.6 Å². The molecule has 8 nitrogen and oxygen atoms in total. The summed E-state index contributed by atoms with van der Waals surface area (Å²) in [4.78, 5) is 37.0. The summed E-state index contributed by atoms with van der Waals surface area (Å²) in [6, 6.07) is 16.7. The molecule has 206 valence electrons. The van der Waals surface area contributed by atoms with Crippen LogP contribution in [-0.2, 0) is 11.3 Å². The van der Waals surface area contributed by atoms with Crippen LogP contribution in [-0.4, -0.2) is 46.6 Å². The van der Waals surface area contributed by atoms with Gasteiger partial charge in [-0.1, -0.05) is 29.8 Å². The first-order chi connectivity index (χ1) is 19.2. The first-order valence-corrected chi connectivity index (χ1v) is 13.3. The van der Waals surface area contributed by atoms with Crippen LogP contribution in [0.4, 0.5) is 15.9 Å². The normalized spacial score (nSPS) is 13.2. The number of nitrogens with one attached hydrogen (secondary N) is 2. The maximum absolute atomic E-state index is 14.6. The number of halogens is 2. The quantitative estimate of drug-likeness (QED) is 0.273. The molecule has 1 aliphatic rings. The van der Waals surface area contributed by atoms with Crippen LogP contribution in [0.2, 0.25) is 5.02 Å². The highest BCUT2D eigenvalue weighted by Crippen LogP contribution is 2.32. The van der Waals surface area contributed by atoms with Crippen molar-refractivity contribution in [2.24, 2.45) is 5.41 Å². The Bertz CT molecular complexity index is 1610. The van der Waals surface area contributed by atoms with Gasteiger partial charge in [0.15, 0.2) is 5.82 Å².